The van der Waals surface area contributed by atoms with Gasteiger partial charge in [0.25, 0.3) is 5.91 Å². The van der Waals surface area contributed by atoms with Gasteiger partial charge < -0.3 is 14.1 Å². The average Bonchev–Trinajstić information content (AvgIpc) is 3.03. The maximum Gasteiger partial charge on any atom is 0.341 e. The molecule has 20 heavy (non-hydrogen) atoms. The number of esters is 1. The van der Waals surface area contributed by atoms with E-state index in [1.165, 1.54) is 30.5 Å². The summed E-state index contributed by atoms with van der Waals surface area (Å²) in [4.78, 5) is 24.7. The van der Waals surface area contributed by atoms with E-state index in [-0.39, 0.29) is 23.1 Å². The number of furan rings is 1. The van der Waals surface area contributed by atoms with E-state index in [0.29, 0.717) is 6.42 Å². The third kappa shape index (κ3) is 3.38. The number of hydrogen-bond acceptors (Lipinski definition) is 6. The molecule has 0 N–H and O–H groups in total. The van der Waals surface area contributed by atoms with Crippen LogP contribution in [0.15, 0.2) is 23.0 Å². The summed E-state index contributed by atoms with van der Waals surface area (Å²) in [5.74, 6) is -1.03. The molecule has 1 fully saturated rings. The maximum atomic E-state index is 11.8. The molecule has 0 bridgehead atoms. The Morgan fingerprint density at radius 3 is 2.80 bits per heavy atom. The lowest BCUT2D eigenvalue weighted by atomic mass is 10.2. The number of likely N-dealkylation sites (N-methyl/N-ethyl adjacent to an activating group) is 1. The van der Waals surface area contributed by atoms with Gasteiger partial charge in [-0.3, -0.25) is 4.79 Å². The van der Waals surface area contributed by atoms with Crippen molar-refractivity contribution in [3.05, 3.63) is 24.2 Å². The molecule has 2 rings (SSSR count). The summed E-state index contributed by atoms with van der Waals surface area (Å²) in [6.07, 6.45) is 2.97. The van der Waals surface area contributed by atoms with Crippen molar-refractivity contribution in [3.8, 4) is 0 Å². The number of carbonyl (C=O) groups excluding carboxylic acids is 2. The summed E-state index contributed by atoms with van der Waals surface area (Å²) in [5, 5.41) is 0. The SMILES string of the molecule is CN(C(=O)COC(=O)c1ccoc1)C1CCS(=O)(=O)C1. The van der Waals surface area contributed by atoms with Crippen molar-refractivity contribution < 1.29 is 27.2 Å². The largest absolute Gasteiger partial charge is 0.472 e. The minimum absolute atomic E-state index is 0.0368. The Morgan fingerprint density at radius 1 is 1.50 bits per heavy atom. The fourth-order valence-corrected chi connectivity index (χ4v) is 3.75. The lowest BCUT2D eigenvalue weighted by Crippen LogP contribution is -2.40. The first-order chi connectivity index (χ1) is 9.39. The predicted molar refractivity (Wildman–Crippen MR) is 68.8 cm³/mol. The van der Waals surface area contributed by atoms with Crippen LogP contribution in [0.1, 0.15) is 16.8 Å². The van der Waals surface area contributed by atoms with Gasteiger partial charge in [0.2, 0.25) is 0 Å². The Labute approximate surface area is 116 Å². The molecule has 2 heterocycles. The van der Waals surface area contributed by atoms with Crippen LogP contribution in [0.5, 0.6) is 0 Å². The van der Waals surface area contributed by atoms with Crippen LogP contribution in [-0.2, 0) is 19.4 Å². The van der Waals surface area contributed by atoms with E-state index in [9.17, 15) is 18.0 Å². The number of sulfone groups is 1. The molecule has 1 amide bonds. The van der Waals surface area contributed by atoms with Gasteiger partial charge in [-0.15, -0.1) is 0 Å². The summed E-state index contributed by atoms with van der Waals surface area (Å²) in [6, 6.07) is 1.08. The van der Waals surface area contributed by atoms with Gasteiger partial charge in [0.15, 0.2) is 16.4 Å². The molecule has 1 aliphatic heterocycles. The normalized spacial score (nSPS) is 20.6. The molecule has 0 saturated carbocycles. The minimum atomic E-state index is -3.05. The molecule has 1 aliphatic rings. The van der Waals surface area contributed by atoms with Crippen molar-refractivity contribution >= 4 is 21.7 Å². The second-order valence-electron chi connectivity index (χ2n) is 4.65. The van der Waals surface area contributed by atoms with Crippen LogP contribution in [0.2, 0.25) is 0 Å². The van der Waals surface area contributed by atoms with Crippen LogP contribution in [0, 0.1) is 0 Å². The van der Waals surface area contributed by atoms with Gasteiger partial charge in [-0.2, -0.15) is 0 Å². The third-order valence-electron chi connectivity index (χ3n) is 3.23. The Morgan fingerprint density at radius 2 is 2.25 bits per heavy atom. The van der Waals surface area contributed by atoms with Gasteiger partial charge in [-0.05, 0) is 12.5 Å². The molecule has 8 heteroatoms. The zero-order chi connectivity index (χ0) is 14.8. The van der Waals surface area contributed by atoms with Crippen molar-refractivity contribution in [2.24, 2.45) is 0 Å². The monoisotopic (exact) mass is 301 g/mol. The third-order valence-corrected chi connectivity index (χ3v) is 4.98. The molecule has 1 saturated heterocycles. The van der Waals surface area contributed by atoms with Crippen molar-refractivity contribution in [3.63, 3.8) is 0 Å². The van der Waals surface area contributed by atoms with Crippen molar-refractivity contribution in [2.75, 3.05) is 25.2 Å². The number of amides is 1. The molecule has 0 radical (unpaired) electrons. The van der Waals surface area contributed by atoms with Crippen LogP contribution in [0.3, 0.4) is 0 Å². The van der Waals surface area contributed by atoms with E-state index in [2.05, 4.69) is 0 Å². The smallest absolute Gasteiger partial charge is 0.341 e. The Kier molecular flexibility index (Phi) is 4.12. The van der Waals surface area contributed by atoms with Gasteiger partial charge in [-0.25, -0.2) is 13.2 Å². The van der Waals surface area contributed by atoms with Crippen LogP contribution in [-0.4, -0.2) is 56.4 Å². The van der Waals surface area contributed by atoms with Gasteiger partial charge in [0, 0.05) is 13.1 Å². The van der Waals surface area contributed by atoms with Gasteiger partial charge >= 0.3 is 5.97 Å². The van der Waals surface area contributed by atoms with E-state index in [4.69, 9.17) is 9.15 Å². The summed E-state index contributed by atoms with van der Waals surface area (Å²) >= 11 is 0. The second-order valence-corrected chi connectivity index (χ2v) is 6.88. The molecular weight excluding hydrogens is 286 g/mol. The molecule has 7 nitrogen and oxygen atoms in total. The lowest BCUT2D eigenvalue weighted by molar-refractivity contribution is -0.134. The highest BCUT2D eigenvalue weighted by Gasteiger charge is 2.32. The first kappa shape index (κ1) is 14.6. The second kappa shape index (κ2) is 5.66. The maximum absolute atomic E-state index is 11.8. The first-order valence-electron chi connectivity index (χ1n) is 6.04. The molecule has 0 aromatic carbocycles. The number of rotatable bonds is 4. The molecule has 1 aromatic rings. The molecular formula is C12H15NO6S. The zero-order valence-electron chi connectivity index (χ0n) is 10.9. The van der Waals surface area contributed by atoms with Gasteiger partial charge in [0.05, 0.1) is 23.3 Å². The predicted octanol–water partition coefficient (Wildman–Crippen LogP) is 0.0819. The fraction of sp³-hybridized carbons (Fsp3) is 0.500. The number of carbonyl (C=O) groups is 2. The molecule has 110 valence electrons. The highest BCUT2D eigenvalue weighted by molar-refractivity contribution is 7.91. The van der Waals surface area contributed by atoms with Crippen LogP contribution < -0.4 is 0 Å². The molecule has 1 aromatic heterocycles. The van der Waals surface area contributed by atoms with Gasteiger partial charge in [0.1, 0.15) is 6.26 Å². The zero-order valence-corrected chi connectivity index (χ0v) is 11.8. The molecule has 1 atom stereocenters. The van der Waals surface area contributed by atoms with E-state index in [1.54, 1.807) is 0 Å². The fourth-order valence-electron chi connectivity index (χ4n) is 1.98. The molecule has 0 spiro atoms. The van der Waals surface area contributed by atoms with Crippen LogP contribution >= 0.6 is 0 Å². The quantitative estimate of drug-likeness (QED) is 0.731. The summed E-state index contributed by atoms with van der Waals surface area (Å²) in [7, 11) is -1.54. The van der Waals surface area contributed by atoms with Gasteiger partial charge in [-0.1, -0.05) is 0 Å². The van der Waals surface area contributed by atoms with E-state index < -0.39 is 28.3 Å². The number of nitrogens with zero attached hydrogens (tertiary/aromatic N) is 1. The highest BCUT2D eigenvalue weighted by Crippen LogP contribution is 2.16. The van der Waals surface area contributed by atoms with Crippen molar-refractivity contribution in [1.29, 1.82) is 0 Å². The van der Waals surface area contributed by atoms with Crippen molar-refractivity contribution in [1.82, 2.24) is 4.90 Å². The van der Waals surface area contributed by atoms with E-state index in [0.717, 1.165) is 0 Å². The Hall–Kier alpha value is -1.83. The Bertz CT molecular complexity index is 591. The number of hydrogen-bond donors (Lipinski definition) is 0. The lowest BCUT2D eigenvalue weighted by Gasteiger charge is -2.23. The summed E-state index contributed by atoms with van der Waals surface area (Å²) in [6.45, 7) is -0.420. The molecule has 0 aliphatic carbocycles. The number of ether oxygens (including phenoxy) is 1. The average molecular weight is 301 g/mol. The molecule has 1 unspecified atom stereocenters. The Balaban J connectivity index is 1.84. The topological polar surface area (TPSA) is 93.9 Å². The minimum Gasteiger partial charge on any atom is -0.472 e. The summed E-state index contributed by atoms with van der Waals surface area (Å²) in [5.41, 5.74) is 0.226. The highest BCUT2D eigenvalue weighted by atomic mass is 32.2. The first-order valence-corrected chi connectivity index (χ1v) is 7.86. The van der Waals surface area contributed by atoms with Crippen LogP contribution in [0.25, 0.3) is 0 Å². The van der Waals surface area contributed by atoms with Crippen LogP contribution in [0.4, 0.5) is 0 Å². The summed E-state index contributed by atoms with van der Waals surface area (Å²) < 4.78 is 32.3. The van der Waals surface area contributed by atoms with E-state index in [1.807, 2.05) is 0 Å². The van der Waals surface area contributed by atoms with E-state index >= 15 is 0 Å². The van der Waals surface area contributed by atoms with Crippen molar-refractivity contribution in [2.45, 2.75) is 12.5 Å². The standard InChI is InChI=1S/C12H15NO6S/c1-13(10-3-5-20(16,17)8-10)11(14)7-19-12(15)9-2-4-18-6-9/h2,4,6,10H,3,5,7-8H2,1H3.